The van der Waals surface area contributed by atoms with E-state index >= 15 is 0 Å². The molecule has 0 radical (unpaired) electrons. The highest BCUT2D eigenvalue weighted by Crippen LogP contribution is 2.45. The summed E-state index contributed by atoms with van der Waals surface area (Å²) >= 11 is 15.4. The number of aryl methyl sites for hydroxylation is 1. The van der Waals surface area contributed by atoms with E-state index in [0.29, 0.717) is 63.4 Å². The average molecular weight is 1450 g/mol. The van der Waals surface area contributed by atoms with Gasteiger partial charge in [-0.1, -0.05) is 51.5 Å². The number of hydrogen-bond donors (Lipinski definition) is 15. The third kappa shape index (κ3) is 25.1. The quantitative estimate of drug-likeness (QED) is 0.00608. The van der Waals surface area contributed by atoms with Crippen LogP contribution in [0.5, 0.6) is 11.8 Å². The van der Waals surface area contributed by atoms with Crippen LogP contribution in [0.15, 0.2) is 105 Å². The Morgan fingerprint density at radius 3 is 2.19 bits per heavy atom. The zero-order valence-corrected chi connectivity index (χ0v) is 58.7. The number of anilines is 2. The number of aliphatic hydroxyl groups is 4. The molecule has 0 spiro atoms. The number of urea groups is 1. The van der Waals surface area contributed by atoms with Gasteiger partial charge in [-0.3, -0.25) is 54.2 Å². The number of hydrogen-bond acceptors (Lipinski definition) is 21. The summed E-state index contributed by atoms with van der Waals surface area (Å²) in [4.78, 5) is 114. The number of thioether (sulfide) groups is 1. The molecule has 6 rings (SSSR count). The molecule has 0 saturated carbocycles. The van der Waals surface area contributed by atoms with Crippen molar-refractivity contribution >= 4 is 105 Å². The highest BCUT2D eigenvalue weighted by Gasteiger charge is 2.44. The zero-order valence-electron chi connectivity index (χ0n) is 56.4. The lowest BCUT2D eigenvalue weighted by Crippen LogP contribution is -2.54. The third-order valence-electron chi connectivity index (χ3n) is 16.4. The Hall–Kier alpha value is -8.30. The molecule has 16 N–H and O–H groups in total. The van der Waals surface area contributed by atoms with Gasteiger partial charge in [0.1, 0.15) is 36.7 Å². The molecule has 0 fully saturated rings. The van der Waals surface area contributed by atoms with Gasteiger partial charge in [0.2, 0.25) is 23.6 Å². The maximum atomic E-state index is 13.9. The fraction of sp³-hybridized carbons (Fsp3) is 0.485. The van der Waals surface area contributed by atoms with Crippen LogP contribution in [0.2, 0.25) is 0 Å². The van der Waals surface area contributed by atoms with Crippen molar-refractivity contribution in [1.29, 1.82) is 0 Å². The number of alkyl halides is 2. The highest BCUT2D eigenvalue weighted by atomic mass is 35.5. The minimum atomic E-state index is -1.45. The molecule has 3 aromatic carbocycles. The molecule has 3 heterocycles. The maximum absolute atomic E-state index is 13.9. The maximum Gasteiger partial charge on any atom is 0.411 e. The summed E-state index contributed by atoms with van der Waals surface area (Å²) in [5.74, 6) is -3.43. The summed E-state index contributed by atoms with van der Waals surface area (Å²) in [7, 11) is 0. The number of benzene rings is 3. The van der Waals surface area contributed by atoms with Gasteiger partial charge in [0.05, 0.1) is 54.2 Å². The van der Waals surface area contributed by atoms with Gasteiger partial charge in [0, 0.05) is 89.9 Å². The molecule has 0 bridgehead atoms. The summed E-state index contributed by atoms with van der Waals surface area (Å²) in [6.07, 6.45) is -0.619. The third-order valence-corrected chi connectivity index (χ3v) is 18.2. The number of aliphatic hydroxyl groups excluding tert-OH is 4. The Balaban J connectivity index is 0.940. The lowest BCUT2D eigenvalue weighted by atomic mass is 9.74. The number of primary amides is 1. The summed E-state index contributed by atoms with van der Waals surface area (Å²) in [5, 5.41) is 86.1. The summed E-state index contributed by atoms with van der Waals surface area (Å²) in [6.45, 7) is 8.42. The lowest BCUT2D eigenvalue weighted by Gasteiger charge is -2.43. The van der Waals surface area contributed by atoms with E-state index in [1.807, 2.05) is 0 Å². The van der Waals surface area contributed by atoms with E-state index in [1.54, 1.807) is 95.3 Å². The molecular formula is C68H91Cl2N11O18S. The molecule has 2 aromatic heterocycles. The number of amides is 9. The second kappa shape index (κ2) is 39.1. The Morgan fingerprint density at radius 2 is 1.49 bits per heavy atom. The number of nitrogens with zero attached hydrogens (tertiary/aromatic N) is 2. The Labute approximate surface area is 592 Å². The lowest BCUT2D eigenvalue weighted by molar-refractivity contribution is -0.137. The Bertz CT molecular complexity index is 3690. The second-order valence-electron chi connectivity index (χ2n) is 25.1. The van der Waals surface area contributed by atoms with Gasteiger partial charge in [-0.2, -0.15) is 0 Å². The summed E-state index contributed by atoms with van der Waals surface area (Å²) < 4.78 is 17.4. The molecule has 8 unspecified atom stereocenters. The van der Waals surface area contributed by atoms with Gasteiger partial charge in [-0.25, -0.2) is 14.4 Å². The molecule has 1 aliphatic heterocycles. The van der Waals surface area contributed by atoms with Gasteiger partial charge in [0.15, 0.2) is 5.88 Å². The number of rotatable bonds is 42. The molecule has 100 heavy (non-hydrogen) atoms. The number of unbranched alkanes of at least 4 members (excludes halogenated alkanes) is 2. The van der Waals surface area contributed by atoms with Crippen LogP contribution in [0, 0.1) is 18.3 Å². The smallest absolute Gasteiger partial charge is 0.411 e. The van der Waals surface area contributed by atoms with Crippen LogP contribution in [0.4, 0.5) is 21.0 Å². The Kier molecular flexibility index (Phi) is 31.5. The van der Waals surface area contributed by atoms with E-state index in [9.17, 15) is 73.8 Å². The number of fused-ring (bicyclic) bond motifs is 1. The number of aromatic hydroxyl groups is 2. The van der Waals surface area contributed by atoms with Crippen molar-refractivity contribution in [2.45, 2.75) is 145 Å². The van der Waals surface area contributed by atoms with E-state index in [2.05, 4.69) is 42.5 Å². The summed E-state index contributed by atoms with van der Waals surface area (Å²) in [6, 6.07) is 17.7. The SMILES string of the molecule is Cc1cc(=O)oc2cc(NC(=O)OCc3ccc(NC(=O)C(CCCNC(N)=O)NC(=O)C(NC(=O)CCCCCNC(O)C(C)(Cl)CC(C)(CC(Cl)c4cccc(C(=O)NCCSc5cc(O)n(CCOCCN6C(=O)C=CC6=O)c5O)c4)C(O)NCC(O)CO)C(C)C)cc3)ccc12. The number of halogens is 2. The number of imide groups is 1. The molecule has 546 valence electrons. The minimum Gasteiger partial charge on any atom is -0.494 e. The molecular weight excluding hydrogens is 1360 g/mol. The first-order chi connectivity index (χ1) is 47.5. The van der Waals surface area contributed by atoms with Crippen LogP contribution in [-0.4, -0.2) is 181 Å². The first-order valence-electron chi connectivity index (χ1n) is 32.7. The molecule has 32 heteroatoms. The summed E-state index contributed by atoms with van der Waals surface area (Å²) in [5.41, 5.74) is 6.61. The van der Waals surface area contributed by atoms with Crippen molar-refractivity contribution in [3.8, 4) is 11.8 Å². The van der Waals surface area contributed by atoms with Crippen LogP contribution < -0.4 is 53.9 Å². The molecule has 5 aromatic rings. The van der Waals surface area contributed by atoms with Crippen molar-refractivity contribution in [2.75, 3.05) is 68.9 Å². The fourth-order valence-electron chi connectivity index (χ4n) is 10.9. The number of carbonyl (C=O) groups excluding carboxylic acids is 8. The average Bonchev–Trinajstić information content (AvgIpc) is 1.13. The van der Waals surface area contributed by atoms with Crippen LogP contribution in [0.3, 0.4) is 0 Å². The predicted octanol–water partition coefficient (Wildman–Crippen LogP) is 5.03. The van der Waals surface area contributed by atoms with E-state index in [1.165, 1.54) is 46.7 Å². The molecule has 0 aliphatic carbocycles. The van der Waals surface area contributed by atoms with Crippen LogP contribution in [-0.2, 0) is 46.6 Å². The van der Waals surface area contributed by atoms with E-state index in [-0.39, 0.29) is 109 Å². The molecule has 29 nitrogen and oxygen atoms in total. The molecule has 0 saturated heterocycles. The zero-order chi connectivity index (χ0) is 73.3. The first-order valence-corrected chi connectivity index (χ1v) is 34.5. The molecule has 8 atom stereocenters. The number of aromatic nitrogens is 1. The highest BCUT2D eigenvalue weighted by molar-refractivity contribution is 7.99. The molecule has 1 aliphatic rings. The fourth-order valence-corrected chi connectivity index (χ4v) is 12.7. The topological polar surface area (TPSA) is 437 Å². The van der Waals surface area contributed by atoms with Gasteiger partial charge in [0.25, 0.3) is 17.7 Å². The van der Waals surface area contributed by atoms with E-state index in [0.717, 1.165) is 10.5 Å². The van der Waals surface area contributed by atoms with Crippen LogP contribution in [0.1, 0.15) is 111 Å². The van der Waals surface area contributed by atoms with Crippen molar-refractivity contribution in [2.24, 2.45) is 17.1 Å². The number of carbonyl (C=O) groups is 8. The van der Waals surface area contributed by atoms with Gasteiger partial charge < -0.3 is 76.8 Å². The standard InChI is InChI=1S/C68H91Cl2N11O18S/c1-40(2)58(61(91)78-50(13-10-24-74-65(71)95)60(90)76-45-17-15-42(16-18-45)38-98-66(96)77-46-19-20-48-41(3)31-57(88)99-51(48)33-46)79-53(84)14-7-6-8-23-73-64(94)68(5,70)39-67(4,63(93)75-36-47(83)37-82)35-49(69)43-11-9-12-44(32-43)59(89)72-25-30-100-52-34-56(87)81(62(52)92)27-29-97-28-26-80-54(85)21-22-55(80)86/h9,11-12,15-22,31-34,40,47,49-50,58,63-64,73,75,82-83,87,92-94H,6-8,10,13-14,23-30,35-39H2,1-5H3,(H,72,89)(H,76,90)(H,77,96)(H,78,91)(H,79,84)(H3,71,74,95). The van der Waals surface area contributed by atoms with E-state index < -0.39 is 112 Å². The van der Waals surface area contributed by atoms with Crippen LogP contribution in [0.25, 0.3) is 11.0 Å². The van der Waals surface area contributed by atoms with Crippen LogP contribution >= 0.6 is 35.0 Å². The normalized spacial score (nSPS) is 15.3. The van der Waals surface area contributed by atoms with E-state index in [4.69, 9.17) is 42.8 Å². The number of nitrogens with two attached hydrogens (primary N) is 1. The van der Waals surface area contributed by atoms with Crippen molar-refractivity contribution in [1.82, 2.24) is 41.4 Å². The largest absolute Gasteiger partial charge is 0.494 e. The van der Waals surface area contributed by atoms with Crippen molar-refractivity contribution < 1.29 is 82.9 Å². The van der Waals surface area contributed by atoms with Gasteiger partial charge >= 0.3 is 17.7 Å². The first kappa shape index (κ1) is 80.7. The predicted molar refractivity (Wildman–Crippen MR) is 375 cm³/mol. The Morgan fingerprint density at radius 1 is 0.780 bits per heavy atom. The minimum absolute atomic E-state index is 0.0300. The van der Waals surface area contributed by atoms with Crippen molar-refractivity contribution in [3.05, 3.63) is 124 Å². The van der Waals surface area contributed by atoms with Gasteiger partial charge in [-0.15, -0.1) is 35.0 Å². The molecule has 9 amide bonds. The number of ether oxygens (including phenoxy) is 2. The second-order valence-corrected chi connectivity index (χ2v) is 27.6. The monoisotopic (exact) mass is 1450 g/mol. The number of nitrogens with one attached hydrogen (secondary N) is 8. The van der Waals surface area contributed by atoms with Crippen molar-refractivity contribution in [3.63, 3.8) is 0 Å². The van der Waals surface area contributed by atoms with Gasteiger partial charge in [-0.05, 0) is 118 Å².